The first-order valence-corrected chi connectivity index (χ1v) is 9.97. The van der Waals surface area contributed by atoms with E-state index < -0.39 is 17.7 Å². The summed E-state index contributed by atoms with van der Waals surface area (Å²) in [6, 6.07) is 14.0. The number of unbranched alkanes of at least 4 members (excludes halogenated alkanes) is 2. The van der Waals surface area contributed by atoms with Gasteiger partial charge in [-0.05, 0) is 31.0 Å². The summed E-state index contributed by atoms with van der Waals surface area (Å²) in [6.07, 6.45) is 2.80. The van der Waals surface area contributed by atoms with Gasteiger partial charge in [0.1, 0.15) is 11.5 Å². The van der Waals surface area contributed by atoms with Crippen LogP contribution in [-0.2, 0) is 9.59 Å². The number of rotatable bonds is 7. The van der Waals surface area contributed by atoms with E-state index >= 15 is 0 Å². The lowest BCUT2D eigenvalue weighted by molar-refractivity contribution is -0.139. The number of aryl methyl sites for hydroxylation is 1. The SMILES string of the molecule is CCCCCN1C(=O)C(=O)/C(=C(\O)c2cccc(OC)c2)C1c1cccc(C)c1. The third-order valence-corrected chi connectivity index (χ3v) is 5.24. The Kier molecular flexibility index (Phi) is 6.37. The Morgan fingerprint density at radius 2 is 1.86 bits per heavy atom. The van der Waals surface area contributed by atoms with Crippen LogP contribution >= 0.6 is 0 Å². The summed E-state index contributed by atoms with van der Waals surface area (Å²) in [6.45, 7) is 4.54. The molecule has 1 unspecified atom stereocenters. The zero-order valence-corrected chi connectivity index (χ0v) is 17.1. The van der Waals surface area contributed by atoms with Crippen LogP contribution in [0.3, 0.4) is 0 Å². The van der Waals surface area contributed by atoms with Gasteiger partial charge < -0.3 is 14.7 Å². The number of hydrogen-bond acceptors (Lipinski definition) is 4. The Morgan fingerprint density at radius 3 is 2.55 bits per heavy atom. The van der Waals surface area contributed by atoms with Crippen molar-refractivity contribution in [2.45, 2.75) is 39.2 Å². The number of methoxy groups -OCH3 is 1. The highest BCUT2D eigenvalue weighted by atomic mass is 16.5. The van der Waals surface area contributed by atoms with Crippen LogP contribution in [0.5, 0.6) is 5.75 Å². The van der Waals surface area contributed by atoms with Crippen LogP contribution in [0.15, 0.2) is 54.1 Å². The fourth-order valence-electron chi connectivity index (χ4n) is 3.76. The van der Waals surface area contributed by atoms with Gasteiger partial charge in [-0.2, -0.15) is 0 Å². The molecule has 0 saturated carbocycles. The van der Waals surface area contributed by atoms with Crippen LogP contribution in [0.2, 0.25) is 0 Å². The van der Waals surface area contributed by atoms with Gasteiger partial charge in [0.05, 0.1) is 18.7 Å². The van der Waals surface area contributed by atoms with Crippen molar-refractivity contribution in [2.75, 3.05) is 13.7 Å². The second-order valence-electron chi connectivity index (χ2n) is 7.35. The van der Waals surface area contributed by atoms with E-state index in [-0.39, 0.29) is 11.3 Å². The number of ketones is 1. The fourth-order valence-corrected chi connectivity index (χ4v) is 3.76. The van der Waals surface area contributed by atoms with Gasteiger partial charge in [0, 0.05) is 12.1 Å². The average molecular weight is 393 g/mol. The number of benzene rings is 2. The van der Waals surface area contributed by atoms with Crippen molar-refractivity contribution >= 4 is 17.4 Å². The van der Waals surface area contributed by atoms with Crippen molar-refractivity contribution in [3.63, 3.8) is 0 Å². The second kappa shape index (κ2) is 8.95. The smallest absolute Gasteiger partial charge is 0.295 e. The number of hydrogen-bond donors (Lipinski definition) is 1. The van der Waals surface area contributed by atoms with E-state index in [4.69, 9.17) is 4.74 Å². The van der Waals surface area contributed by atoms with Crippen LogP contribution in [-0.4, -0.2) is 35.4 Å². The maximum Gasteiger partial charge on any atom is 0.295 e. The van der Waals surface area contributed by atoms with Crippen molar-refractivity contribution in [1.82, 2.24) is 4.90 Å². The maximum atomic E-state index is 12.9. The van der Waals surface area contributed by atoms with Crippen molar-refractivity contribution in [1.29, 1.82) is 0 Å². The number of carbonyl (C=O) groups is 2. The van der Waals surface area contributed by atoms with Gasteiger partial charge >= 0.3 is 0 Å². The summed E-state index contributed by atoms with van der Waals surface area (Å²) in [4.78, 5) is 27.4. The molecule has 1 atom stereocenters. The van der Waals surface area contributed by atoms with Gasteiger partial charge in [-0.1, -0.05) is 61.7 Å². The molecule has 0 aliphatic carbocycles. The molecule has 29 heavy (non-hydrogen) atoms. The largest absolute Gasteiger partial charge is 0.507 e. The van der Waals surface area contributed by atoms with Gasteiger partial charge in [0.15, 0.2) is 0 Å². The molecule has 0 aromatic heterocycles. The third-order valence-electron chi connectivity index (χ3n) is 5.24. The lowest BCUT2D eigenvalue weighted by Crippen LogP contribution is -2.30. The lowest BCUT2D eigenvalue weighted by Gasteiger charge is -2.25. The Hall–Kier alpha value is -3.08. The molecule has 152 valence electrons. The van der Waals surface area contributed by atoms with Crippen LogP contribution < -0.4 is 4.74 Å². The van der Waals surface area contributed by atoms with Crippen molar-refractivity contribution in [3.05, 3.63) is 70.8 Å². The molecule has 1 N–H and O–H groups in total. The number of Topliss-reactive ketones (excluding diaryl/α,β-unsaturated/α-hetero) is 1. The summed E-state index contributed by atoms with van der Waals surface area (Å²) in [5.74, 6) is -0.810. The van der Waals surface area contributed by atoms with Crippen molar-refractivity contribution < 1.29 is 19.4 Å². The monoisotopic (exact) mass is 393 g/mol. The summed E-state index contributed by atoms with van der Waals surface area (Å²) in [7, 11) is 1.54. The highest BCUT2D eigenvalue weighted by Gasteiger charge is 2.45. The van der Waals surface area contributed by atoms with E-state index in [1.54, 1.807) is 36.3 Å². The predicted molar refractivity (Wildman–Crippen MR) is 113 cm³/mol. The molecule has 1 aliphatic heterocycles. The van der Waals surface area contributed by atoms with E-state index in [1.807, 2.05) is 31.2 Å². The molecule has 2 aromatic carbocycles. The van der Waals surface area contributed by atoms with Crippen LogP contribution in [0, 0.1) is 6.92 Å². The number of aliphatic hydroxyl groups is 1. The molecule has 1 fully saturated rings. The number of aliphatic hydroxyl groups excluding tert-OH is 1. The molecule has 1 heterocycles. The Morgan fingerprint density at radius 1 is 1.10 bits per heavy atom. The van der Waals surface area contributed by atoms with Gasteiger partial charge in [0.25, 0.3) is 11.7 Å². The summed E-state index contributed by atoms with van der Waals surface area (Å²) in [5.41, 5.74) is 2.44. The molecule has 0 bridgehead atoms. The van der Waals surface area contributed by atoms with Crippen LogP contribution in [0.25, 0.3) is 5.76 Å². The van der Waals surface area contributed by atoms with Gasteiger partial charge in [-0.3, -0.25) is 9.59 Å². The quantitative estimate of drug-likeness (QED) is 0.323. The first-order chi connectivity index (χ1) is 14.0. The highest BCUT2D eigenvalue weighted by Crippen LogP contribution is 2.40. The summed E-state index contributed by atoms with van der Waals surface area (Å²) >= 11 is 0. The minimum absolute atomic E-state index is 0.130. The van der Waals surface area contributed by atoms with Gasteiger partial charge in [-0.25, -0.2) is 0 Å². The Labute approximate surface area is 171 Å². The second-order valence-corrected chi connectivity index (χ2v) is 7.35. The minimum atomic E-state index is -0.645. The normalized spacial score (nSPS) is 18.3. The zero-order valence-electron chi connectivity index (χ0n) is 17.1. The highest BCUT2D eigenvalue weighted by molar-refractivity contribution is 6.46. The molecule has 1 amide bonds. The minimum Gasteiger partial charge on any atom is -0.507 e. The van der Waals surface area contributed by atoms with E-state index in [0.717, 1.165) is 30.4 Å². The summed E-state index contributed by atoms with van der Waals surface area (Å²) < 4.78 is 5.23. The number of nitrogens with zero attached hydrogens (tertiary/aromatic N) is 1. The van der Waals surface area contributed by atoms with E-state index in [0.29, 0.717) is 17.9 Å². The van der Waals surface area contributed by atoms with E-state index in [9.17, 15) is 14.7 Å². The number of amides is 1. The predicted octanol–water partition coefficient (Wildman–Crippen LogP) is 4.62. The maximum absolute atomic E-state index is 12.9. The first-order valence-electron chi connectivity index (χ1n) is 9.97. The Balaban J connectivity index is 2.13. The average Bonchev–Trinajstić information content (AvgIpc) is 2.98. The van der Waals surface area contributed by atoms with Gasteiger partial charge in [0.2, 0.25) is 0 Å². The molecular formula is C24H27NO4. The molecule has 2 aromatic rings. The molecule has 3 rings (SSSR count). The standard InChI is InChI=1S/C24H27NO4/c1-4-5-6-13-25-21(17-10-7-9-16(2)14-17)20(23(27)24(25)28)22(26)18-11-8-12-19(15-18)29-3/h7-12,14-15,21,26H,4-6,13H2,1-3H3/b22-20-. The molecule has 0 spiro atoms. The topological polar surface area (TPSA) is 66.8 Å². The molecular weight excluding hydrogens is 366 g/mol. The van der Waals surface area contributed by atoms with Crippen molar-refractivity contribution in [2.24, 2.45) is 0 Å². The van der Waals surface area contributed by atoms with Crippen LogP contribution in [0.1, 0.15) is 48.9 Å². The molecule has 1 saturated heterocycles. The van der Waals surface area contributed by atoms with Gasteiger partial charge in [-0.15, -0.1) is 0 Å². The molecule has 5 nitrogen and oxygen atoms in total. The number of carbonyl (C=O) groups excluding carboxylic acids is 2. The number of ether oxygens (including phenoxy) is 1. The molecule has 5 heteroatoms. The molecule has 0 radical (unpaired) electrons. The molecule has 1 aliphatic rings. The fraction of sp³-hybridized carbons (Fsp3) is 0.333. The Bertz CT molecular complexity index is 947. The zero-order chi connectivity index (χ0) is 21.0. The van der Waals surface area contributed by atoms with Crippen molar-refractivity contribution in [3.8, 4) is 5.75 Å². The number of likely N-dealkylation sites (tertiary alicyclic amines) is 1. The summed E-state index contributed by atoms with van der Waals surface area (Å²) in [5, 5.41) is 11.0. The third kappa shape index (κ3) is 4.19. The first kappa shape index (κ1) is 20.6. The van der Waals surface area contributed by atoms with E-state index in [1.165, 1.54) is 0 Å². The lowest BCUT2D eigenvalue weighted by atomic mass is 9.94. The van der Waals surface area contributed by atoms with Crippen LogP contribution in [0.4, 0.5) is 0 Å². The van der Waals surface area contributed by atoms with E-state index in [2.05, 4.69) is 6.92 Å².